The zero-order valence-electron chi connectivity index (χ0n) is 7.66. The molecule has 0 spiro atoms. The molecule has 0 aliphatic carbocycles. The Morgan fingerprint density at radius 3 is 2.58 bits per heavy atom. The van der Waals surface area contributed by atoms with Crippen molar-refractivity contribution in [1.82, 2.24) is 5.32 Å². The van der Waals surface area contributed by atoms with Crippen LogP contribution in [0.2, 0.25) is 0 Å². The highest BCUT2D eigenvalue weighted by atomic mass is 32.2. The van der Waals surface area contributed by atoms with Crippen LogP contribution in [0.25, 0.3) is 0 Å². The molecule has 0 bridgehead atoms. The maximum atomic E-state index is 11.2. The van der Waals surface area contributed by atoms with Gasteiger partial charge in [0.25, 0.3) is 0 Å². The molecule has 0 aromatic heterocycles. The molecule has 1 N–H and O–H groups in total. The lowest BCUT2D eigenvalue weighted by molar-refractivity contribution is -0.126. The van der Waals surface area contributed by atoms with E-state index in [9.17, 15) is 9.59 Å². The summed E-state index contributed by atoms with van der Waals surface area (Å²) in [6.45, 7) is 3.66. The summed E-state index contributed by atoms with van der Waals surface area (Å²) < 4.78 is 0. The lowest BCUT2D eigenvalue weighted by Crippen LogP contribution is -2.34. The number of carbonyl (C=O) groups excluding carboxylic acids is 2. The van der Waals surface area contributed by atoms with Gasteiger partial charge in [0.05, 0.1) is 5.37 Å². The molecule has 2 atom stereocenters. The van der Waals surface area contributed by atoms with Gasteiger partial charge >= 0.3 is 0 Å². The van der Waals surface area contributed by atoms with Gasteiger partial charge < -0.3 is 10.1 Å². The molecule has 0 aliphatic rings. The van der Waals surface area contributed by atoms with E-state index in [0.717, 1.165) is 6.29 Å². The molecule has 0 radical (unpaired) electrons. The molecule has 12 heavy (non-hydrogen) atoms. The van der Waals surface area contributed by atoms with Crippen LogP contribution in [0.3, 0.4) is 0 Å². The van der Waals surface area contributed by atoms with E-state index in [1.165, 1.54) is 0 Å². The van der Waals surface area contributed by atoms with E-state index in [-0.39, 0.29) is 17.2 Å². The van der Waals surface area contributed by atoms with Crippen LogP contribution in [-0.4, -0.2) is 23.8 Å². The number of hydrogen-bond acceptors (Lipinski definition) is 3. The first-order chi connectivity index (χ1) is 5.61. The van der Waals surface area contributed by atoms with E-state index in [2.05, 4.69) is 5.32 Å². The number of aldehydes is 1. The molecule has 0 saturated heterocycles. The Labute approximate surface area is 77.3 Å². The number of nitrogens with one attached hydrogen (secondary N) is 1. The van der Waals surface area contributed by atoms with Crippen LogP contribution in [0, 0.1) is 5.92 Å². The molecular formula is C8H15NO2S. The van der Waals surface area contributed by atoms with Crippen molar-refractivity contribution in [2.75, 3.05) is 6.26 Å². The van der Waals surface area contributed by atoms with Gasteiger partial charge in [0.2, 0.25) is 5.91 Å². The summed E-state index contributed by atoms with van der Waals surface area (Å²) in [5, 5.41) is 2.90. The predicted octanol–water partition coefficient (Wildman–Crippen LogP) is 1.04. The molecule has 0 aromatic carbocycles. The Bertz CT molecular complexity index is 161. The van der Waals surface area contributed by atoms with Crippen LogP contribution < -0.4 is 5.32 Å². The molecule has 1 amide bonds. The highest BCUT2D eigenvalue weighted by molar-refractivity contribution is 7.99. The Kier molecular flexibility index (Phi) is 5.80. The van der Waals surface area contributed by atoms with Crippen molar-refractivity contribution in [3.8, 4) is 0 Å². The molecule has 0 heterocycles. The first-order valence-corrected chi connectivity index (χ1v) is 5.17. The summed E-state index contributed by atoms with van der Waals surface area (Å²) in [7, 11) is 0. The van der Waals surface area contributed by atoms with Crippen LogP contribution in [0.15, 0.2) is 0 Å². The monoisotopic (exact) mass is 189 g/mol. The van der Waals surface area contributed by atoms with Crippen molar-refractivity contribution in [1.29, 1.82) is 0 Å². The van der Waals surface area contributed by atoms with E-state index in [0.29, 0.717) is 6.42 Å². The molecule has 0 saturated carbocycles. The third-order valence-electron chi connectivity index (χ3n) is 1.60. The normalized spacial score (nSPS) is 14.9. The zero-order chi connectivity index (χ0) is 9.56. The minimum Gasteiger partial charge on any atom is -0.344 e. The summed E-state index contributed by atoms with van der Waals surface area (Å²) in [6.07, 6.45) is 3.00. The fourth-order valence-electron chi connectivity index (χ4n) is 0.653. The Hall–Kier alpha value is -0.510. The average Bonchev–Trinajstić information content (AvgIpc) is 2.04. The van der Waals surface area contributed by atoms with E-state index >= 15 is 0 Å². The molecule has 70 valence electrons. The second kappa shape index (κ2) is 6.06. The van der Waals surface area contributed by atoms with Gasteiger partial charge in [0, 0.05) is 12.3 Å². The topological polar surface area (TPSA) is 46.2 Å². The molecule has 0 fully saturated rings. The lowest BCUT2D eigenvalue weighted by atomic mass is 10.1. The van der Waals surface area contributed by atoms with Crippen LogP contribution >= 0.6 is 11.8 Å². The highest BCUT2D eigenvalue weighted by Crippen LogP contribution is 2.04. The maximum Gasteiger partial charge on any atom is 0.224 e. The van der Waals surface area contributed by atoms with Gasteiger partial charge in [-0.25, -0.2) is 0 Å². The van der Waals surface area contributed by atoms with Gasteiger partial charge in [-0.2, -0.15) is 0 Å². The first kappa shape index (κ1) is 11.5. The first-order valence-electron chi connectivity index (χ1n) is 3.88. The Morgan fingerprint density at radius 2 is 2.17 bits per heavy atom. The third kappa shape index (κ3) is 4.38. The van der Waals surface area contributed by atoms with Gasteiger partial charge in [-0.3, -0.25) is 4.79 Å². The fourth-order valence-corrected chi connectivity index (χ4v) is 0.887. The highest BCUT2D eigenvalue weighted by Gasteiger charge is 2.13. The third-order valence-corrected chi connectivity index (χ3v) is 2.42. The van der Waals surface area contributed by atoms with Gasteiger partial charge in [-0.15, -0.1) is 11.8 Å². The molecule has 2 unspecified atom stereocenters. The second-order valence-electron chi connectivity index (χ2n) is 2.69. The van der Waals surface area contributed by atoms with E-state index in [1.54, 1.807) is 18.7 Å². The molecule has 0 aliphatic heterocycles. The summed E-state index contributed by atoms with van der Waals surface area (Å²) in [5.41, 5.74) is 0. The lowest BCUT2D eigenvalue weighted by Gasteiger charge is -2.13. The summed E-state index contributed by atoms with van der Waals surface area (Å²) in [6, 6.07) is 0. The quantitative estimate of drug-likeness (QED) is 0.519. The van der Waals surface area contributed by atoms with Gasteiger partial charge in [0.15, 0.2) is 0 Å². The number of amides is 1. The zero-order valence-corrected chi connectivity index (χ0v) is 8.48. The van der Waals surface area contributed by atoms with Crippen molar-refractivity contribution in [3.63, 3.8) is 0 Å². The maximum absolute atomic E-state index is 11.2. The van der Waals surface area contributed by atoms with Crippen LogP contribution in [0.5, 0.6) is 0 Å². The summed E-state index contributed by atoms with van der Waals surface area (Å²) >= 11 is 1.57. The molecule has 0 rings (SSSR count). The van der Waals surface area contributed by atoms with Gasteiger partial charge in [-0.05, 0) is 13.2 Å². The predicted molar refractivity (Wildman–Crippen MR) is 51.0 cm³/mol. The van der Waals surface area contributed by atoms with Gasteiger partial charge in [0.1, 0.15) is 6.29 Å². The fraction of sp³-hybridized carbons (Fsp3) is 0.750. The van der Waals surface area contributed by atoms with Crippen molar-refractivity contribution in [2.24, 2.45) is 5.92 Å². The number of carbonyl (C=O) groups is 2. The standard InChI is InChI=1S/C8H15NO2S/c1-6(4-5-10)8(11)9-7(2)12-3/h5-7H,4H2,1-3H3,(H,9,11). The molecule has 3 nitrogen and oxygen atoms in total. The van der Waals surface area contributed by atoms with Crippen molar-refractivity contribution < 1.29 is 9.59 Å². The van der Waals surface area contributed by atoms with Crippen LogP contribution in [0.1, 0.15) is 20.3 Å². The molecular weight excluding hydrogens is 174 g/mol. The van der Waals surface area contributed by atoms with Gasteiger partial charge in [-0.1, -0.05) is 6.92 Å². The number of hydrogen-bond donors (Lipinski definition) is 1. The minimum atomic E-state index is -0.211. The van der Waals surface area contributed by atoms with Crippen LogP contribution in [0.4, 0.5) is 0 Å². The van der Waals surface area contributed by atoms with Crippen molar-refractivity contribution >= 4 is 24.0 Å². The number of rotatable bonds is 5. The summed E-state index contributed by atoms with van der Waals surface area (Å²) in [5.74, 6) is -0.263. The van der Waals surface area contributed by atoms with Crippen molar-refractivity contribution in [3.05, 3.63) is 0 Å². The summed E-state index contributed by atoms with van der Waals surface area (Å²) in [4.78, 5) is 21.3. The SMILES string of the molecule is CSC(C)NC(=O)C(C)CC=O. The molecule has 0 aromatic rings. The second-order valence-corrected chi connectivity index (χ2v) is 3.87. The van der Waals surface area contributed by atoms with Crippen LogP contribution in [-0.2, 0) is 9.59 Å². The van der Waals surface area contributed by atoms with E-state index < -0.39 is 0 Å². The van der Waals surface area contributed by atoms with E-state index in [4.69, 9.17) is 0 Å². The van der Waals surface area contributed by atoms with E-state index in [1.807, 2.05) is 13.2 Å². The largest absolute Gasteiger partial charge is 0.344 e. The Balaban J connectivity index is 3.77. The minimum absolute atomic E-state index is 0.0519. The smallest absolute Gasteiger partial charge is 0.224 e. The Morgan fingerprint density at radius 1 is 1.58 bits per heavy atom. The average molecular weight is 189 g/mol. The number of thioether (sulfide) groups is 1. The van der Waals surface area contributed by atoms with Crippen molar-refractivity contribution in [2.45, 2.75) is 25.6 Å². The molecule has 4 heteroatoms.